The third-order valence-corrected chi connectivity index (χ3v) is 3.70. The van der Waals surface area contributed by atoms with Crippen molar-refractivity contribution in [3.05, 3.63) is 11.6 Å². The number of hydrogen-bond donors (Lipinski definition) is 0. The van der Waals surface area contributed by atoms with Crippen molar-refractivity contribution in [2.45, 2.75) is 78.6 Å². The Morgan fingerprint density at radius 2 is 1.88 bits per heavy atom. The summed E-state index contributed by atoms with van der Waals surface area (Å²) in [5.74, 6) is -0.230. The molecule has 0 unspecified atom stereocenters. The van der Waals surface area contributed by atoms with Crippen LogP contribution in [0.25, 0.3) is 0 Å². The van der Waals surface area contributed by atoms with Crippen molar-refractivity contribution in [2.24, 2.45) is 0 Å². The maximum Gasteiger partial charge on any atom is 0.417 e. The van der Waals surface area contributed by atoms with Crippen molar-refractivity contribution >= 4 is 12.0 Å². The van der Waals surface area contributed by atoms with Gasteiger partial charge in [-0.15, -0.1) is 0 Å². The van der Waals surface area contributed by atoms with E-state index >= 15 is 0 Å². The summed E-state index contributed by atoms with van der Waals surface area (Å²) in [6.07, 6.45) is 5.09. The van der Waals surface area contributed by atoms with Gasteiger partial charge in [0.15, 0.2) is 6.29 Å². The lowest BCUT2D eigenvalue weighted by Gasteiger charge is -2.29. The average molecular weight is 355 g/mol. The van der Waals surface area contributed by atoms with E-state index in [-0.39, 0.29) is 12.2 Å². The molecule has 6 heteroatoms. The highest BCUT2D eigenvalue weighted by molar-refractivity contribution is 6.03. The number of nitrogens with zero attached hydrogens (tertiary/aromatic N) is 1. The molecule has 1 aliphatic heterocycles. The number of rotatable bonds is 8. The van der Waals surface area contributed by atoms with Gasteiger partial charge >= 0.3 is 6.09 Å². The third kappa shape index (κ3) is 8.01. The number of carbonyl (C=O) groups excluding carboxylic acids is 2. The van der Waals surface area contributed by atoms with E-state index in [4.69, 9.17) is 14.2 Å². The van der Waals surface area contributed by atoms with E-state index in [0.29, 0.717) is 31.8 Å². The number of unbranched alkanes of at least 4 members (excludes halogenated alkanes) is 1. The molecule has 0 bridgehead atoms. The van der Waals surface area contributed by atoms with Crippen LogP contribution in [0.1, 0.15) is 66.7 Å². The van der Waals surface area contributed by atoms with Crippen LogP contribution in [0.15, 0.2) is 11.6 Å². The molecule has 0 N–H and O–H groups in total. The highest BCUT2D eigenvalue weighted by Crippen LogP contribution is 2.21. The second-order valence-electron chi connectivity index (χ2n) is 7.04. The number of imide groups is 1. The molecule has 6 nitrogen and oxygen atoms in total. The summed E-state index contributed by atoms with van der Waals surface area (Å²) < 4.78 is 16.3. The van der Waals surface area contributed by atoms with Crippen LogP contribution in [-0.2, 0) is 19.0 Å². The lowest BCUT2D eigenvalue weighted by Crippen LogP contribution is -2.44. The molecule has 1 fully saturated rings. The van der Waals surface area contributed by atoms with Crippen molar-refractivity contribution in [3.63, 3.8) is 0 Å². The van der Waals surface area contributed by atoms with Gasteiger partial charge in [-0.05, 0) is 66.7 Å². The number of hydrogen-bond acceptors (Lipinski definition) is 5. The van der Waals surface area contributed by atoms with Crippen molar-refractivity contribution in [3.8, 4) is 0 Å². The molecule has 0 radical (unpaired) electrons. The molecule has 1 aliphatic rings. The molecule has 0 aromatic rings. The van der Waals surface area contributed by atoms with E-state index in [1.54, 1.807) is 20.8 Å². The van der Waals surface area contributed by atoms with Crippen LogP contribution in [0.2, 0.25) is 0 Å². The number of carbonyl (C=O) groups is 2. The maximum absolute atomic E-state index is 12.5. The van der Waals surface area contributed by atoms with Crippen molar-refractivity contribution in [2.75, 3.05) is 19.8 Å². The predicted octanol–water partition coefficient (Wildman–Crippen LogP) is 4.04. The first-order valence-electron chi connectivity index (χ1n) is 9.25. The van der Waals surface area contributed by atoms with E-state index in [9.17, 15) is 9.59 Å². The number of allylic oxidation sites excluding steroid dienone is 1. The quantitative estimate of drug-likeness (QED) is 0.373. The number of amides is 2. The van der Waals surface area contributed by atoms with E-state index in [0.717, 1.165) is 25.7 Å². The molecule has 144 valence electrons. The Hall–Kier alpha value is -1.40. The molecule has 2 amide bonds. The second-order valence-corrected chi connectivity index (χ2v) is 7.04. The number of piperidine rings is 1. The summed E-state index contributed by atoms with van der Waals surface area (Å²) in [4.78, 5) is 25.9. The molecule has 0 aliphatic carbocycles. The fourth-order valence-electron chi connectivity index (χ4n) is 2.64. The zero-order valence-corrected chi connectivity index (χ0v) is 16.3. The van der Waals surface area contributed by atoms with Crippen LogP contribution in [0.3, 0.4) is 0 Å². The Morgan fingerprint density at radius 1 is 1.24 bits per heavy atom. The highest BCUT2D eigenvalue weighted by atomic mass is 16.7. The third-order valence-electron chi connectivity index (χ3n) is 3.70. The molecule has 1 heterocycles. The molecule has 1 saturated heterocycles. The molecule has 0 saturated carbocycles. The predicted molar refractivity (Wildman–Crippen MR) is 96.2 cm³/mol. The summed E-state index contributed by atoms with van der Waals surface area (Å²) in [7, 11) is 0. The number of likely N-dealkylation sites (tertiary alicyclic amines) is 1. The minimum absolute atomic E-state index is 0.186. The lowest BCUT2D eigenvalue weighted by atomic mass is 10.0. The topological polar surface area (TPSA) is 65.1 Å². The van der Waals surface area contributed by atoms with Gasteiger partial charge in [-0.3, -0.25) is 4.79 Å². The Labute approximate surface area is 151 Å². The summed E-state index contributed by atoms with van der Waals surface area (Å²) >= 11 is 0. The second kappa shape index (κ2) is 10.6. The van der Waals surface area contributed by atoms with E-state index < -0.39 is 11.7 Å². The van der Waals surface area contributed by atoms with Crippen molar-refractivity contribution in [1.82, 2.24) is 4.90 Å². The van der Waals surface area contributed by atoms with Crippen LogP contribution in [-0.4, -0.2) is 48.5 Å². The molecule has 1 rings (SSSR count). The van der Waals surface area contributed by atoms with Crippen molar-refractivity contribution < 1.29 is 23.8 Å². The van der Waals surface area contributed by atoms with E-state index in [2.05, 4.69) is 0 Å². The van der Waals surface area contributed by atoms with Crippen LogP contribution < -0.4 is 0 Å². The zero-order chi connectivity index (χ0) is 18.9. The molecular weight excluding hydrogens is 322 g/mol. The summed E-state index contributed by atoms with van der Waals surface area (Å²) in [5, 5.41) is 0. The Bertz CT molecular complexity index is 461. The van der Waals surface area contributed by atoms with Gasteiger partial charge in [-0.25, -0.2) is 9.69 Å². The van der Waals surface area contributed by atoms with Gasteiger partial charge in [0.25, 0.3) is 5.91 Å². The molecule has 25 heavy (non-hydrogen) atoms. The first-order chi connectivity index (χ1) is 11.8. The zero-order valence-electron chi connectivity index (χ0n) is 16.3. The first-order valence-corrected chi connectivity index (χ1v) is 9.25. The van der Waals surface area contributed by atoms with Crippen LogP contribution in [0, 0.1) is 0 Å². The SMILES string of the molecule is CCOC(CCC/C=C1/CCCN(C(=O)OC(C)(C)C)C1=O)OCC. The van der Waals surface area contributed by atoms with Gasteiger partial charge in [-0.2, -0.15) is 0 Å². The lowest BCUT2D eigenvalue weighted by molar-refractivity contribution is -0.139. The van der Waals surface area contributed by atoms with Crippen LogP contribution in [0.4, 0.5) is 4.79 Å². The summed E-state index contributed by atoms with van der Waals surface area (Å²) in [6, 6.07) is 0. The monoisotopic (exact) mass is 355 g/mol. The Morgan fingerprint density at radius 3 is 2.44 bits per heavy atom. The molecular formula is C19H33NO5. The van der Waals surface area contributed by atoms with Crippen LogP contribution >= 0.6 is 0 Å². The minimum Gasteiger partial charge on any atom is -0.443 e. The summed E-state index contributed by atoms with van der Waals surface area (Å²) in [6.45, 7) is 10.9. The molecule has 0 aromatic carbocycles. The minimum atomic E-state index is -0.605. The van der Waals surface area contributed by atoms with Crippen molar-refractivity contribution in [1.29, 1.82) is 0 Å². The summed E-state index contributed by atoms with van der Waals surface area (Å²) in [5.41, 5.74) is 0.0909. The van der Waals surface area contributed by atoms with E-state index in [1.165, 1.54) is 4.90 Å². The fraction of sp³-hybridized carbons (Fsp3) is 0.789. The van der Waals surface area contributed by atoms with Gasteiger partial charge < -0.3 is 14.2 Å². The van der Waals surface area contributed by atoms with Crippen LogP contribution in [0.5, 0.6) is 0 Å². The largest absolute Gasteiger partial charge is 0.443 e. The normalized spacial score (nSPS) is 17.4. The fourth-order valence-corrected chi connectivity index (χ4v) is 2.64. The van der Waals surface area contributed by atoms with Gasteiger partial charge in [0.05, 0.1) is 0 Å². The number of ether oxygens (including phenoxy) is 3. The smallest absolute Gasteiger partial charge is 0.417 e. The Balaban J connectivity index is 2.53. The Kier molecular flexibility index (Phi) is 9.14. The van der Waals surface area contributed by atoms with Gasteiger partial charge in [0.1, 0.15) is 5.60 Å². The molecule has 0 aromatic heterocycles. The van der Waals surface area contributed by atoms with Gasteiger partial charge in [0, 0.05) is 25.3 Å². The first kappa shape index (κ1) is 21.6. The van der Waals surface area contributed by atoms with Gasteiger partial charge in [0.2, 0.25) is 0 Å². The maximum atomic E-state index is 12.5. The van der Waals surface area contributed by atoms with E-state index in [1.807, 2.05) is 19.9 Å². The molecule has 0 atom stereocenters. The average Bonchev–Trinajstić information content (AvgIpc) is 2.51. The molecule has 0 spiro atoms. The van der Waals surface area contributed by atoms with Gasteiger partial charge in [-0.1, -0.05) is 6.08 Å². The highest BCUT2D eigenvalue weighted by Gasteiger charge is 2.31. The standard InChI is InChI=1S/C19H33NO5/c1-6-23-16(24-7-2)13-9-8-11-15-12-10-14-20(17(15)21)18(22)25-19(3,4)5/h11,16H,6-10,12-14H2,1-5H3/b15-11-.